The number of methoxy groups -OCH3 is 1. The molecule has 1 aliphatic rings. The Bertz CT molecular complexity index is 597. The SMILES string of the molecule is COc1cccc(C2CNc3ccccc3C2)c1F. The van der Waals surface area contributed by atoms with Gasteiger partial charge in [-0.1, -0.05) is 30.3 Å². The second-order valence-electron chi connectivity index (χ2n) is 4.80. The zero-order valence-corrected chi connectivity index (χ0v) is 10.8. The van der Waals surface area contributed by atoms with Gasteiger partial charge in [-0.05, 0) is 29.7 Å². The molecule has 1 unspecified atom stereocenters. The third kappa shape index (κ3) is 2.16. The summed E-state index contributed by atoms with van der Waals surface area (Å²) in [5, 5.41) is 3.37. The van der Waals surface area contributed by atoms with Gasteiger partial charge in [-0.2, -0.15) is 0 Å². The van der Waals surface area contributed by atoms with Crippen molar-refractivity contribution in [2.45, 2.75) is 12.3 Å². The first-order chi connectivity index (χ1) is 9.29. The summed E-state index contributed by atoms with van der Waals surface area (Å²) in [4.78, 5) is 0. The second kappa shape index (κ2) is 4.92. The van der Waals surface area contributed by atoms with Crippen molar-refractivity contribution in [1.29, 1.82) is 0 Å². The molecule has 2 nitrogen and oxygen atoms in total. The lowest BCUT2D eigenvalue weighted by molar-refractivity contribution is 0.382. The van der Waals surface area contributed by atoms with Crippen molar-refractivity contribution in [2.24, 2.45) is 0 Å². The lowest BCUT2D eigenvalue weighted by Crippen LogP contribution is -2.22. The van der Waals surface area contributed by atoms with Crippen LogP contribution in [0.5, 0.6) is 5.75 Å². The summed E-state index contributed by atoms with van der Waals surface area (Å²) in [5.41, 5.74) is 3.12. The molecule has 0 saturated carbocycles. The highest BCUT2D eigenvalue weighted by molar-refractivity contribution is 5.54. The molecule has 3 heteroatoms. The van der Waals surface area contributed by atoms with Gasteiger partial charge in [-0.25, -0.2) is 4.39 Å². The Kier molecular flexibility index (Phi) is 3.11. The lowest BCUT2D eigenvalue weighted by atomic mass is 9.88. The van der Waals surface area contributed by atoms with Gasteiger partial charge in [0, 0.05) is 18.2 Å². The smallest absolute Gasteiger partial charge is 0.168 e. The number of hydrogen-bond acceptors (Lipinski definition) is 2. The number of halogens is 1. The Labute approximate surface area is 112 Å². The number of hydrogen-bond donors (Lipinski definition) is 1. The minimum absolute atomic E-state index is 0.144. The van der Waals surface area contributed by atoms with Crippen LogP contribution in [0.1, 0.15) is 17.0 Å². The number of ether oxygens (including phenoxy) is 1. The Morgan fingerprint density at radius 1 is 1.16 bits per heavy atom. The average molecular weight is 257 g/mol. The summed E-state index contributed by atoms with van der Waals surface area (Å²) < 4.78 is 19.3. The van der Waals surface area contributed by atoms with Gasteiger partial charge in [0.2, 0.25) is 0 Å². The number of anilines is 1. The molecule has 1 N–H and O–H groups in total. The average Bonchev–Trinajstić information content (AvgIpc) is 2.47. The van der Waals surface area contributed by atoms with Gasteiger partial charge in [0.1, 0.15) is 0 Å². The van der Waals surface area contributed by atoms with E-state index in [-0.39, 0.29) is 11.7 Å². The van der Waals surface area contributed by atoms with E-state index in [1.54, 1.807) is 6.07 Å². The van der Waals surface area contributed by atoms with Crippen LogP contribution in [0.25, 0.3) is 0 Å². The highest BCUT2D eigenvalue weighted by Crippen LogP contribution is 2.33. The van der Waals surface area contributed by atoms with Gasteiger partial charge < -0.3 is 10.1 Å². The predicted molar refractivity (Wildman–Crippen MR) is 74.3 cm³/mol. The molecule has 0 aliphatic carbocycles. The van der Waals surface area contributed by atoms with E-state index in [4.69, 9.17) is 4.74 Å². The Morgan fingerprint density at radius 2 is 2.00 bits per heavy atom. The highest BCUT2D eigenvalue weighted by Gasteiger charge is 2.23. The molecular weight excluding hydrogens is 241 g/mol. The van der Waals surface area contributed by atoms with Crippen LogP contribution in [0, 0.1) is 5.82 Å². The molecule has 0 amide bonds. The Balaban J connectivity index is 1.93. The fourth-order valence-electron chi connectivity index (χ4n) is 2.66. The third-order valence-electron chi connectivity index (χ3n) is 3.68. The molecule has 0 spiro atoms. The largest absolute Gasteiger partial charge is 0.494 e. The molecule has 0 fully saturated rings. The number of fused-ring (bicyclic) bond motifs is 1. The molecule has 19 heavy (non-hydrogen) atoms. The molecule has 2 aromatic rings. The van der Waals surface area contributed by atoms with Gasteiger partial charge in [0.25, 0.3) is 0 Å². The van der Waals surface area contributed by atoms with Crippen LogP contribution in [0.15, 0.2) is 42.5 Å². The summed E-state index contributed by atoms with van der Waals surface area (Å²) in [7, 11) is 1.50. The molecule has 1 atom stereocenters. The summed E-state index contributed by atoms with van der Waals surface area (Å²) in [6.45, 7) is 0.751. The topological polar surface area (TPSA) is 21.3 Å². The first-order valence-corrected chi connectivity index (χ1v) is 6.44. The molecule has 1 heterocycles. The standard InChI is InChI=1S/C16H16FNO/c1-19-15-8-4-6-13(16(15)17)12-9-11-5-2-3-7-14(11)18-10-12/h2-8,12,18H,9-10H2,1H3. The van der Waals surface area contributed by atoms with Gasteiger partial charge in [-0.15, -0.1) is 0 Å². The minimum Gasteiger partial charge on any atom is -0.494 e. The van der Waals surface area contributed by atoms with Crippen LogP contribution in [-0.2, 0) is 6.42 Å². The minimum atomic E-state index is -0.240. The third-order valence-corrected chi connectivity index (χ3v) is 3.68. The van der Waals surface area contributed by atoms with Crippen molar-refractivity contribution >= 4 is 5.69 Å². The molecule has 0 bridgehead atoms. The van der Waals surface area contributed by atoms with Crippen molar-refractivity contribution in [3.8, 4) is 5.75 Å². The maximum absolute atomic E-state index is 14.3. The number of benzene rings is 2. The number of rotatable bonds is 2. The maximum Gasteiger partial charge on any atom is 0.168 e. The summed E-state index contributed by atoms with van der Waals surface area (Å²) >= 11 is 0. The molecule has 0 aromatic heterocycles. The zero-order chi connectivity index (χ0) is 13.2. The van der Waals surface area contributed by atoms with Gasteiger partial charge in [0.15, 0.2) is 11.6 Å². The number of para-hydroxylation sites is 1. The zero-order valence-electron chi connectivity index (χ0n) is 10.8. The fraction of sp³-hybridized carbons (Fsp3) is 0.250. The van der Waals surface area contributed by atoms with Crippen LogP contribution in [-0.4, -0.2) is 13.7 Å². The quantitative estimate of drug-likeness (QED) is 0.887. The monoisotopic (exact) mass is 257 g/mol. The van der Waals surface area contributed by atoms with E-state index < -0.39 is 0 Å². The summed E-state index contributed by atoms with van der Waals surface area (Å²) in [5.74, 6) is 0.220. The number of nitrogens with one attached hydrogen (secondary N) is 1. The molecule has 3 rings (SSSR count). The van der Waals surface area contributed by atoms with Crippen LogP contribution in [0.3, 0.4) is 0 Å². The van der Waals surface area contributed by atoms with E-state index in [2.05, 4.69) is 17.4 Å². The van der Waals surface area contributed by atoms with Gasteiger partial charge in [0.05, 0.1) is 7.11 Å². The molecule has 98 valence electrons. The van der Waals surface area contributed by atoms with Crippen molar-refractivity contribution in [2.75, 3.05) is 19.0 Å². The van der Waals surface area contributed by atoms with Crippen molar-refractivity contribution in [1.82, 2.24) is 0 Å². The van der Waals surface area contributed by atoms with E-state index in [9.17, 15) is 4.39 Å². The van der Waals surface area contributed by atoms with E-state index in [1.807, 2.05) is 24.3 Å². The molecule has 0 radical (unpaired) electrons. The van der Waals surface area contributed by atoms with Crippen molar-refractivity contribution < 1.29 is 9.13 Å². The molecule has 1 aliphatic heterocycles. The summed E-state index contributed by atoms with van der Waals surface area (Å²) in [6.07, 6.45) is 0.854. The van der Waals surface area contributed by atoms with Crippen LogP contribution >= 0.6 is 0 Å². The molecule has 2 aromatic carbocycles. The Hall–Kier alpha value is -2.03. The van der Waals surface area contributed by atoms with E-state index >= 15 is 0 Å². The second-order valence-corrected chi connectivity index (χ2v) is 4.80. The molecule has 0 saturated heterocycles. The lowest BCUT2D eigenvalue weighted by Gasteiger charge is -2.27. The Morgan fingerprint density at radius 3 is 2.84 bits per heavy atom. The van der Waals surface area contributed by atoms with Crippen LogP contribution in [0.4, 0.5) is 10.1 Å². The van der Waals surface area contributed by atoms with Gasteiger partial charge >= 0.3 is 0 Å². The van der Waals surface area contributed by atoms with E-state index in [0.717, 1.165) is 24.2 Å². The van der Waals surface area contributed by atoms with E-state index in [1.165, 1.54) is 12.7 Å². The predicted octanol–water partition coefficient (Wildman–Crippen LogP) is 3.59. The normalized spacial score (nSPS) is 17.5. The summed E-state index contributed by atoms with van der Waals surface area (Å²) in [6, 6.07) is 13.5. The fourth-order valence-corrected chi connectivity index (χ4v) is 2.66. The first kappa shape index (κ1) is 12.0. The van der Waals surface area contributed by atoms with E-state index in [0.29, 0.717) is 5.75 Å². The van der Waals surface area contributed by atoms with Gasteiger partial charge in [-0.3, -0.25) is 0 Å². The molecular formula is C16H16FNO. The van der Waals surface area contributed by atoms with Crippen molar-refractivity contribution in [3.05, 3.63) is 59.4 Å². The maximum atomic E-state index is 14.3. The van der Waals surface area contributed by atoms with Crippen LogP contribution < -0.4 is 10.1 Å². The van der Waals surface area contributed by atoms with Crippen molar-refractivity contribution in [3.63, 3.8) is 0 Å². The highest BCUT2D eigenvalue weighted by atomic mass is 19.1. The van der Waals surface area contributed by atoms with Crippen LogP contribution in [0.2, 0.25) is 0 Å². The first-order valence-electron chi connectivity index (χ1n) is 6.44.